The van der Waals surface area contributed by atoms with E-state index < -0.39 is 10.0 Å². The van der Waals surface area contributed by atoms with Gasteiger partial charge in [0.05, 0.1) is 12.3 Å². The van der Waals surface area contributed by atoms with E-state index in [0.29, 0.717) is 26.1 Å². The Balaban J connectivity index is 1.86. The van der Waals surface area contributed by atoms with Gasteiger partial charge in [-0.1, -0.05) is 5.16 Å². The molecule has 8 heteroatoms. The minimum absolute atomic E-state index is 0.113. The van der Waals surface area contributed by atoms with Gasteiger partial charge in [-0.05, 0) is 13.0 Å². The summed E-state index contributed by atoms with van der Waals surface area (Å²) in [6.45, 7) is 2.94. The summed E-state index contributed by atoms with van der Waals surface area (Å²) in [7, 11) is -3.18. The van der Waals surface area contributed by atoms with Crippen LogP contribution in [0.15, 0.2) is 23.0 Å². The van der Waals surface area contributed by atoms with E-state index in [4.69, 9.17) is 4.52 Å². The lowest BCUT2D eigenvalue weighted by molar-refractivity contribution is 0.330. The van der Waals surface area contributed by atoms with Gasteiger partial charge in [0.1, 0.15) is 11.5 Å². The molecule has 3 rings (SSSR count). The predicted molar refractivity (Wildman–Crippen MR) is 71.4 cm³/mol. The molecule has 2 aromatic rings. The zero-order valence-corrected chi connectivity index (χ0v) is 12.0. The topological polar surface area (TPSA) is 81.2 Å². The lowest BCUT2D eigenvalue weighted by atomic mass is 10.1. The first kappa shape index (κ1) is 13.3. The summed E-state index contributed by atoms with van der Waals surface area (Å²) in [5, 5.41) is 8.18. The van der Waals surface area contributed by atoms with Crippen molar-refractivity contribution < 1.29 is 12.9 Å². The second-order valence-electron chi connectivity index (χ2n) is 4.72. The molecule has 0 bridgehead atoms. The molecule has 0 unspecified atom stereocenters. The SMILES string of the molecule is CCS(=O)(=O)N1CCc2onc(Cn3cccn3)c2C1. The van der Waals surface area contributed by atoms with Crippen LogP contribution >= 0.6 is 0 Å². The highest BCUT2D eigenvalue weighted by Crippen LogP contribution is 2.24. The molecule has 0 saturated heterocycles. The van der Waals surface area contributed by atoms with Crippen LogP contribution in [0.1, 0.15) is 23.9 Å². The highest BCUT2D eigenvalue weighted by Gasteiger charge is 2.30. The molecule has 7 nitrogen and oxygen atoms in total. The summed E-state index contributed by atoms with van der Waals surface area (Å²) in [6.07, 6.45) is 4.10. The van der Waals surface area contributed by atoms with E-state index in [0.717, 1.165) is 17.0 Å². The van der Waals surface area contributed by atoms with Crippen LogP contribution in [0.4, 0.5) is 0 Å². The minimum Gasteiger partial charge on any atom is -0.361 e. The molecule has 2 aromatic heterocycles. The van der Waals surface area contributed by atoms with Gasteiger partial charge in [0, 0.05) is 37.5 Å². The highest BCUT2D eigenvalue weighted by molar-refractivity contribution is 7.89. The van der Waals surface area contributed by atoms with Gasteiger partial charge in [-0.15, -0.1) is 0 Å². The molecule has 0 radical (unpaired) electrons. The Bertz CT molecular complexity index is 690. The smallest absolute Gasteiger partial charge is 0.214 e. The van der Waals surface area contributed by atoms with E-state index >= 15 is 0 Å². The largest absolute Gasteiger partial charge is 0.361 e. The van der Waals surface area contributed by atoms with E-state index in [-0.39, 0.29) is 5.75 Å². The number of aromatic nitrogens is 3. The van der Waals surface area contributed by atoms with Crippen molar-refractivity contribution in [1.82, 2.24) is 19.2 Å². The molecule has 1 aliphatic heterocycles. The lowest BCUT2D eigenvalue weighted by Crippen LogP contribution is -2.36. The summed E-state index contributed by atoms with van der Waals surface area (Å²) in [4.78, 5) is 0. The third-order valence-electron chi connectivity index (χ3n) is 3.50. The molecule has 0 N–H and O–H groups in total. The fourth-order valence-electron chi connectivity index (χ4n) is 2.33. The van der Waals surface area contributed by atoms with Crippen molar-refractivity contribution in [1.29, 1.82) is 0 Å². The summed E-state index contributed by atoms with van der Waals surface area (Å²) in [6, 6.07) is 1.83. The Kier molecular flexibility index (Phi) is 3.35. The van der Waals surface area contributed by atoms with Crippen molar-refractivity contribution >= 4 is 10.0 Å². The zero-order valence-electron chi connectivity index (χ0n) is 11.2. The Labute approximate surface area is 117 Å². The number of nitrogens with zero attached hydrogens (tertiary/aromatic N) is 4. The van der Waals surface area contributed by atoms with Crippen molar-refractivity contribution in [3.8, 4) is 0 Å². The third kappa shape index (κ3) is 2.36. The first-order chi connectivity index (χ1) is 9.60. The Morgan fingerprint density at radius 3 is 3.00 bits per heavy atom. The summed E-state index contributed by atoms with van der Waals surface area (Å²) in [5.41, 5.74) is 1.63. The van der Waals surface area contributed by atoms with Crippen molar-refractivity contribution in [3.05, 3.63) is 35.5 Å². The van der Waals surface area contributed by atoms with Crippen LogP contribution in [0.25, 0.3) is 0 Å². The molecule has 0 spiro atoms. The molecule has 0 aliphatic carbocycles. The van der Waals surface area contributed by atoms with Gasteiger partial charge >= 0.3 is 0 Å². The maximum atomic E-state index is 12.0. The van der Waals surface area contributed by atoms with Crippen LogP contribution in [0.2, 0.25) is 0 Å². The molecule has 20 heavy (non-hydrogen) atoms. The molecular weight excluding hydrogens is 280 g/mol. The van der Waals surface area contributed by atoms with Crippen molar-refractivity contribution in [3.63, 3.8) is 0 Å². The molecule has 108 valence electrons. The predicted octanol–water partition coefficient (Wildman–Crippen LogP) is 0.627. The van der Waals surface area contributed by atoms with E-state index in [9.17, 15) is 8.42 Å². The molecule has 0 fully saturated rings. The van der Waals surface area contributed by atoms with Gasteiger partial charge in [0.25, 0.3) is 0 Å². The van der Waals surface area contributed by atoms with Gasteiger partial charge < -0.3 is 4.52 Å². The highest BCUT2D eigenvalue weighted by atomic mass is 32.2. The van der Waals surface area contributed by atoms with Crippen molar-refractivity contribution in [2.24, 2.45) is 0 Å². The van der Waals surface area contributed by atoms with E-state index in [1.165, 1.54) is 4.31 Å². The third-order valence-corrected chi connectivity index (χ3v) is 5.33. The second kappa shape index (κ2) is 5.02. The molecule has 3 heterocycles. The normalized spacial score (nSPS) is 16.2. The van der Waals surface area contributed by atoms with Crippen LogP contribution in [0.3, 0.4) is 0 Å². The van der Waals surface area contributed by atoms with Crippen LogP contribution < -0.4 is 0 Å². The first-order valence-corrected chi connectivity index (χ1v) is 8.12. The van der Waals surface area contributed by atoms with Gasteiger partial charge in [-0.2, -0.15) is 9.40 Å². The van der Waals surface area contributed by atoms with Crippen LogP contribution in [-0.2, 0) is 29.5 Å². The average molecular weight is 296 g/mol. The quantitative estimate of drug-likeness (QED) is 0.826. The fourth-order valence-corrected chi connectivity index (χ4v) is 3.39. The van der Waals surface area contributed by atoms with Crippen LogP contribution in [0, 0.1) is 0 Å². The Hall–Kier alpha value is -1.67. The number of sulfonamides is 1. The van der Waals surface area contributed by atoms with Gasteiger partial charge in [0.2, 0.25) is 10.0 Å². The first-order valence-electron chi connectivity index (χ1n) is 6.51. The monoisotopic (exact) mass is 296 g/mol. The van der Waals surface area contributed by atoms with E-state index in [1.54, 1.807) is 17.8 Å². The molecular formula is C12H16N4O3S. The Morgan fingerprint density at radius 1 is 1.45 bits per heavy atom. The van der Waals surface area contributed by atoms with Crippen LogP contribution in [0.5, 0.6) is 0 Å². The van der Waals surface area contributed by atoms with Crippen molar-refractivity contribution in [2.75, 3.05) is 12.3 Å². The molecule has 0 saturated carbocycles. The second-order valence-corrected chi connectivity index (χ2v) is 6.98. The number of rotatable bonds is 4. The van der Waals surface area contributed by atoms with Crippen LogP contribution in [-0.4, -0.2) is 40.0 Å². The lowest BCUT2D eigenvalue weighted by Gasteiger charge is -2.24. The fraction of sp³-hybridized carbons (Fsp3) is 0.500. The number of fused-ring (bicyclic) bond motifs is 1. The molecule has 0 aromatic carbocycles. The summed E-state index contributed by atoms with van der Waals surface area (Å²) >= 11 is 0. The number of hydrogen-bond donors (Lipinski definition) is 0. The van der Waals surface area contributed by atoms with Gasteiger partial charge in [-0.3, -0.25) is 4.68 Å². The Morgan fingerprint density at radius 2 is 2.30 bits per heavy atom. The molecule has 1 aliphatic rings. The standard InChI is InChI=1S/C12H16N4O3S/c1-2-20(17,18)16-7-4-12-10(8-16)11(14-19-12)9-15-6-3-5-13-15/h3,5-6H,2,4,7-9H2,1H3. The molecule has 0 amide bonds. The molecule has 0 atom stereocenters. The van der Waals surface area contributed by atoms with E-state index in [2.05, 4.69) is 10.3 Å². The average Bonchev–Trinajstić information content (AvgIpc) is 3.09. The summed E-state index contributed by atoms with van der Waals surface area (Å²) in [5.74, 6) is 0.900. The van der Waals surface area contributed by atoms with Gasteiger partial charge in [0.15, 0.2) is 0 Å². The maximum absolute atomic E-state index is 12.0. The zero-order chi connectivity index (χ0) is 14.2. The van der Waals surface area contributed by atoms with E-state index in [1.807, 2.05) is 12.3 Å². The minimum atomic E-state index is -3.18. The van der Waals surface area contributed by atoms with Crippen molar-refractivity contribution in [2.45, 2.75) is 26.4 Å². The van der Waals surface area contributed by atoms with Gasteiger partial charge in [-0.25, -0.2) is 8.42 Å². The maximum Gasteiger partial charge on any atom is 0.214 e. The summed E-state index contributed by atoms with van der Waals surface area (Å²) < 4.78 is 32.5. The number of hydrogen-bond acceptors (Lipinski definition) is 5.